The van der Waals surface area contributed by atoms with Gasteiger partial charge in [0.1, 0.15) is 6.04 Å². The highest BCUT2D eigenvalue weighted by Gasteiger charge is 2.33. The Balaban J connectivity index is 2.04. The number of aliphatic carboxylic acids is 1. The topological polar surface area (TPSA) is 57.6 Å². The largest absolute Gasteiger partial charge is 0.480 e. The molecule has 2 rings (SSSR count). The molecule has 1 fully saturated rings. The maximum absolute atomic E-state index is 12.6. The molecule has 1 aliphatic heterocycles. The van der Waals surface area contributed by atoms with Crippen molar-refractivity contribution < 1.29 is 27.9 Å². The maximum Gasteiger partial charge on any atom is 0.416 e. The van der Waals surface area contributed by atoms with Gasteiger partial charge in [0, 0.05) is 13.0 Å². The Kier molecular flexibility index (Phi) is 5.51. The summed E-state index contributed by atoms with van der Waals surface area (Å²) in [6, 6.07) is 3.93. The average molecular weight is 343 g/mol. The minimum Gasteiger partial charge on any atom is -0.480 e. The Hall–Kier alpha value is -2.05. The average Bonchev–Trinajstić information content (AvgIpc) is 2.54. The van der Waals surface area contributed by atoms with Crippen molar-refractivity contribution >= 4 is 11.9 Å². The molecule has 1 aromatic rings. The molecule has 132 valence electrons. The zero-order valence-electron chi connectivity index (χ0n) is 13.3. The number of rotatable bonds is 4. The molecule has 1 heterocycles. The minimum atomic E-state index is -4.39. The quantitative estimate of drug-likeness (QED) is 0.908. The van der Waals surface area contributed by atoms with E-state index >= 15 is 0 Å². The zero-order valence-corrected chi connectivity index (χ0v) is 13.3. The third-order valence-corrected chi connectivity index (χ3v) is 4.40. The van der Waals surface area contributed by atoms with Gasteiger partial charge in [0.2, 0.25) is 5.91 Å². The van der Waals surface area contributed by atoms with Crippen LogP contribution in [0.3, 0.4) is 0 Å². The molecular weight excluding hydrogens is 323 g/mol. The molecule has 0 spiro atoms. The second kappa shape index (κ2) is 7.23. The number of carboxylic acids is 1. The Labute approximate surface area is 138 Å². The number of piperidine rings is 1. The second-order valence-corrected chi connectivity index (χ2v) is 6.16. The fraction of sp³-hybridized carbons (Fsp3) is 0.529. The van der Waals surface area contributed by atoms with E-state index in [1.54, 1.807) is 6.92 Å². The minimum absolute atomic E-state index is 0.0785. The smallest absolute Gasteiger partial charge is 0.416 e. The van der Waals surface area contributed by atoms with Crippen LogP contribution in [0.15, 0.2) is 24.3 Å². The molecule has 24 heavy (non-hydrogen) atoms. The van der Waals surface area contributed by atoms with Gasteiger partial charge in [-0.25, -0.2) is 4.79 Å². The predicted octanol–water partition coefficient (Wildman–Crippen LogP) is 3.66. The lowest BCUT2D eigenvalue weighted by Gasteiger charge is -2.33. The van der Waals surface area contributed by atoms with E-state index in [4.69, 9.17) is 0 Å². The van der Waals surface area contributed by atoms with Crippen LogP contribution in [-0.2, 0) is 15.8 Å². The van der Waals surface area contributed by atoms with Crippen molar-refractivity contribution in [2.45, 2.75) is 50.7 Å². The van der Waals surface area contributed by atoms with Crippen molar-refractivity contribution in [1.29, 1.82) is 0 Å². The van der Waals surface area contributed by atoms with Crippen LogP contribution in [-0.4, -0.2) is 34.5 Å². The van der Waals surface area contributed by atoms with Crippen LogP contribution in [0.2, 0.25) is 0 Å². The molecule has 0 aliphatic carbocycles. The highest BCUT2D eigenvalue weighted by atomic mass is 19.4. The van der Waals surface area contributed by atoms with E-state index in [1.807, 2.05) is 0 Å². The van der Waals surface area contributed by atoms with Crippen LogP contribution in [0.5, 0.6) is 0 Å². The number of hydrogen-bond donors (Lipinski definition) is 1. The molecule has 1 N–H and O–H groups in total. The molecule has 1 saturated heterocycles. The van der Waals surface area contributed by atoms with E-state index in [-0.39, 0.29) is 18.2 Å². The fourth-order valence-corrected chi connectivity index (χ4v) is 2.98. The number of hydrogen-bond acceptors (Lipinski definition) is 2. The number of nitrogens with zero attached hydrogens (tertiary/aromatic N) is 1. The lowest BCUT2D eigenvalue weighted by atomic mass is 9.94. The monoisotopic (exact) mass is 343 g/mol. The van der Waals surface area contributed by atoms with E-state index in [9.17, 15) is 27.9 Å². The van der Waals surface area contributed by atoms with Crippen LogP contribution in [0, 0.1) is 0 Å². The molecule has 1 aromatic carbocycles. The summed E-state index contributed by atoms with van der Waals surface area (Å²) in [5.41, 5.74) is -0.105. The van der Waals surface area contributed by atoms with Crippen molar-refractivity contribution in [2.75, 3.05) is 6.54 Å². The number of alkyl halides is 3. The number of carboxylic acid groups (broad SMARTS) is 1. The van der Waals surface area contributed by atoms with E-state index in [0.717, 1.165) is 25.0 Å². The van der Waals surface area contributed by atoms with Crippen LogP contribution in [0.25, 0.3) is 0 Å². The number of likely N-dealkylation sites (tertiary alicyclic amines) is 1. The van der Waals surface area contributed by atoms with Gasteiger partial charge in [0.25, 0.3) is 0 Å². The third kappa shape index (κ3) is 4.27. The fourth-order valence-electron chi connectivity index (χ4n) is 2.98. The molecule has 0 bridgehead atoms. The summed E-state index contributed by atoms with van der Waals surface area (Å²) in [4.78, 5) is 25.0. The Morgan fingerprint density at radius 3 is 2.42 bits per heavy atom. The first-order valence-electron chi connectivity index (χ1n) is 7.89. The summed E-state index contributed by atoms with van der Waals surface area (Å²) in [5.74, 6) is -1.56. The van der Waals surface area contributed by atoms with Crippen LogP contribution >= 0.6 is 0 Å². The summed E-state index contributed by atoms with van der Waals surface area (Å²) >= 11 is 0. The van der Waals surface area contributed by atoms with E-state index in [1.165, 1.54) is 17.0 Å². The summed E-state index contributed by atoms with van der Waals surface area (Å²) in [6.07, 6.45) is -2.33. The summed E-state index contributed by atoms with van der Waals surface area (Å²) in [6.45, 7) is 2.16. The highest BCUT2D eigenvalue weighted by Crippen LogP contribution is 2.31. The van der Waals surface area contributed by atoms with Gasteiger partial charge < -0.3 is 10.0 Å². The van der Waals surface area contributed by atoms with Crippen molar-refractivity contribution in [2.24, 2.45) is 0 Å². The van der Waals surface area contributed by atoms with Crippen molar-refractivity contribution in [1.82, 2.24) is 4.90 Å². The third-order valence-electron chi connectivity index (χ3n) is 4.40. The van der Waals surface area contributed by atoms with Crippen LogP contribution < -0.4 is 0 Å². The van der Waals surface area contributed by atoms with Gasteiger partial charge in [-0.05, 0) is 42.9 Å². The number of benzene rings is 1. The number of carbonyl (C=O) groups excluding carboxylic acids is 1. The van der Waals surface area contributed by atoms with Crippen molar-refractivity contribution in [3.8, 4) is 0 Å². The van der Waals surface area contributed by atoms with E-state index < -0.39 is 23.8 Å². The summed E-state index contributed by atoms with van der Waals surface area (Å²) in [7, 11) is 0. The first kappa shape index (κ1) is 18.3. The second-order valence-electron chi connectivity index (χ2n) is 6.16. The van der Waals surface area contributed by atoms with Gasteiger partial charge >= 0.3 is 12.1 Å². The predicted molar refractivity (Wildman–Crippen MR) is 81.5 cm³/mol. The lowest BCUT2D eigenvalue weighted by Crippen LogP contribution is -2.48. The van der Waals surface area contributed by atoms with E-state index in [0.29, 0.717) is 18.5 Å². The standard InChI is InChI=1S/C17H20F3NO3/c1-11(12-5-7-13(8-6-12)17(18,19)20)10-15(22)21-9-3-2-4-14(21)16(23)24/h5-8,11,14H,2-4,9-10H2,1H3,(H,23,24)/t11?,14-/m1/s1. The summed E-state index contributed by atoms with van der Waals surface area (Å²) < 4.78 is 37.7. The van der Waals surface area contributed by atoms with Crippen molar-refractivity contribution in [3.05, 3.63) is 35.4 Å². The molecule has 1 aliphatic rings. The molecule has 4 nitrogen and oxygen atoms in total. The highest BCUT2D eigenvalue weighted by molar-refractivity contribution is 5.84. The molecule has 0 aromatic heterocycles. The van der Waals surface area contributed by atoms with Gasteiger partial charge in [0.15, 0.2) is 0 Å². The molecule has 0 radical (unpaired) electrons. The Morgan fingerprint density at radius 1 is 1.25 bits per heavy atom. The van der Waals surface area contributed by atoms with E-state index in [2.05, 4.69) is 0 Å². The number of amides is 1. The van der Waals surface area contributed by atoms with Gasteiger partial charge in [-0.1, -0.05) is 19.1 Å². The Morgan fingerprint density at radius 2 is 1.88 bits per heavy atom. The van der Waals surface area contributed by atoms with Crippen molar-refractivity contribution in [3.63, 3.8) is 0 Å². The van der Waals surface area contributed by atoms with Gasteiger partial charge in [0.05, 0.1) is 5.56 Å². The van der Waals surface area contributed by atoms with Crippen LogP contribution in [0.1, 0.15) is 49.7 Å². The SMILES string of the molecule is CC(CC(=O)N1CCCC[C@@H]1C(=O)O)c1ccc(C(F)(F)F)cc1. The van der Waals surface area contributed by atoms with Gasteiger partial charge in [-0.15, -0.1) is 0 Å². The first-order valence-corrected chi connectivity index (χ1v) is 7.89. The molecule has 1 amide bonds. The Bertz CT molecular complexity index is 598. The molecule has 7 heteroatoms. The molecule has 2 atom stereocenters. The molecule has 1 unspecified atom stereocenters. The first-order chi connectivity index (χ1) is 11.2. The molecule has 0 saturated carbocycles. The normalized spacial score (nSPS) is 19.8. The molecular formula is C17H20F3NO3. The van der Waals surface area contributed by atoms with Crippen LogP contribution in [0.4, 0.5) is 13.2 Å². The lowest BCUT2D eigenvalue weighted by molar-refractivity contribution is -0.152. The maximum atomic E-state index is 12.6. The number of halogens is 3. The van der Waals surface area contributed by atoms with Gasteiger partial charge in [-0.3, -0.25) is 4.79 Å². The summed E-state index contributed by atoms with van der Waals surface area (Å²) in [5, 5.41) is 9.22. The number of carbonyl (C=O) groups is 2. The zero-order chi connectivity index (χ0) is 17.9. The van der Waals surface area contributed by atoms with Gasteiger partial charge in [-0.2, -0.15) is 13.2 Å².